The molecule has 110 valence electrons. The Kier molecular flexibility index (Phi) is 4.36. The van der Waals surface area contributed by atoms with E-state index in [1.165, 1.54) is 0 Å². The van der Waals surface area contributed by atoms with Crippen molar-refractivity contribution in [2.24, 2.45) is 18.9 Å². The number of carbonyl (C=O) groups excluding carboxylic acids is 1. The summed E-state index contributed by atoms with van der Waals surface area (Å²) in [5.41, 5.74) is 0. The van der Waals surface area contributed by atoms with E-state index in [1.54, 1.807) is 17.9 Å². The molecule has 1 amide bonds. The molecule has 0 saturated heterocycles. The first-order valence-corrected chi connectivity index (χ1v) is 6.87. The molecule has 3 atom stereocenters. The molecule has 7 nitrogen and oxygen atoms in total. The van der Waals surface area contributed by atoms with Crippen molar-refractivity contribution < 1.29 is 14.7 Å². The molecule has 2 N–H and O–H groups in total. The van der Waals surface area contributed by atoms with Gasteiger partial charge in [-0.2, -0.15) is 0 Å². The lowest BCUT2D eigenvalue weighted by atomic mass is 9.78. The van der Waals surface area contributed by atoms with Crippen molar-refractivity contribution in [3.05, 3.63) is 12.2 Å². The van der Waals surface area contributed by atoms with Crippen LogP contribution >= 0.6 is 0 Å². The molecule has 0 aliphatic heterocycles. The Morgan fingerprint density at radius 3 is 2.60 bits per heavy atom. The van der Waals surface area contributed by atoms with Crippen LogP contribution in [0.15, 0.2) is 6.33 Å². The third-order valence-electron chi connectivity index (χ3n) is 3.91. The van der Waals surface area contributed by atoms with Gasteiger partial charge in [-0.25, -0.2) is 0 Å². The molecule has 1 aromatic rings. The number of carbonyl (C=O) groups is 2. The van der Waals surface area contributed by atoms with Crippen LogP contribution in [0.5, 0.6) is 0 Å². The Morgan fingerprint density at radius 2 is 2.05 bits per heavy atom. The maximum atomic E-state index is 12.3. The van der Waals surface area contributed by atoms with E-state index >= 15 is 0 Å². The molecule has 1 saturated carbocycles. The minimum atomic E-state index is -0.879. The minimum absolute atomic E-state index is 0.201. The maximum Gasteiger partial charge on any atom is 0.307 e. The molecule has 0 aromatic carbocycles. The summed E-state index contributed by atoms with van der Waals surface area (Å²) in [7, 11) is 1.80. The van der Waals surface area contributed by atoms with E-state index < -0.39 is 17.8 Å². The van der Waals surface area contributed by atoms with E-state index in [1.807, 2.05) is 6.92 Å². The minimum Gasteiger partial charge on any atom is -0.481 e. The molecule has 1 unspecified atom stereocenters. The highest BCUT2D eigenvalue weighted by atomic mass is 16.4. The fraction of sp³-hybridized carbons (Fsp3) is 0.692. The third kappa shape index (κ3) is 2.97. The van der Waals surface area contributed by atoms with Gasteiger partial charge in [-0.15, -0.1) is 10.2 Å². The number of amides is 1. The number of nitrogens with zero attached hydrogens (tertiary/aromatic N) is 3. The number of hydrogen-bond donors (Lipinski definition) is 2. The standard InChI is InChI=1S/C13H20N4O3/c1-8(11-16-14-7-17(11)2)15-12(18)9-5-3-4-6-10(9)13(19)20/h7-10H,3-6H2,1-2H3,(H,15,18)(H,19,20)/t8?,9-,10+/m1/s1. The number of rotatable bonds is 4. The summed E-state index contributed by atoms with van der Waals surface area (Å²) in [6, 6.07) is -0.286. The zero-order chi connectivity index (χ0) is 14.7. The largest absolute Gasteiger partial charge is 0.481 e. The second-order valence-electron chi connectivity index (χ2n) is 5.37. The van der Waals surface area contributed by atoms with Crippen LogP contribution in [-0.2, 0) is 16.6 Å². The Bertz CT molecular complexity index is 500. The summed E-state index contributed by atoms with van der Waals surface area (Å²) >= 11 is 0. The molecule has 1 aliphatic rings. The zero-order valence-electron chi connectivity index (χ0n) is 11.7. The Labute approximate surface area is 117 Å². The molecule has 1 heterocycles. The lowest BCUT2D eigenvalue weighted by Crippen LogP contribution is -2.41. The van der Waals surface area contributed by atoms with Crippen molar-refractivity contribution >= 4 is 11.9 Å². The van der Waals surface area contributed by atoms with Gasteiger partial charge in [0.15, 0.2) is 5.82 Å². The van der Waals surface area contributed by atoms with Gasteiger partial charge in [0, 0.05) is 7.05 Å². The highest BCUT2D eigenvalue weighted by molar-refractivity contribution is 5.85. The molecule has 1 aliphatic carbocycles. The van der Waals surface area contributed by atoms with Gasteiger partial charge in [-0.1, -0.05) is 12.8 Å². The number of aliphatic carboxylic acids is 1. The number of aromatic nitrogens is 3. The summed E-state index contributed by atoms with van der Waals surface area (Å²) in [6.45, 7) is 1.82. The fourth-order valence-electron chi connectivity index (χ4n) is 2.81. The van der Waals surface area contributed by atoms with Crippen LogP contribution in [0.2, 0.25) is 0 Å². The number of aryl methyl sites for hydroxylation is 1. The van der Waals surface area contributed by atoms with Gasteiger partial charge in [0.2, 0.25) is 5.91 Å². The van der Waals surface area contributed by atoms with Crippen molar-refractivity contribution in [2.45, 2.75) is 38.6 Å². The highest BCUT2D eigenvalue weighted by Gasteiger charge is 2.36. The summed E-state index contributed by atoms with van der Waals surface area (Å²) in [5.74, 6) is -1.45. The quantitative estimate of drug-likeness (QED) is 0.853. The lowest BCUT2D eigenvalue weighted by molar-refractivity contribution is -0.149. The first-order chi connectivity index (χ1) is 9.50. The highest BCUT2D eigenvalue weighted by Crippen LogP contribution is 2.30. The van der Waals surface area contributed by atoms with Crippen molar-refractivity contribution in [1.82, 2.24) is 20.1 Å². The van der Waals surface area contributed by atoms with E-state index in [4.69, 9.17) is 0 Å². The Balaban J connectivity index is 2.03. The van der Waals surface area contributed by atoms with Crippen LogP contribution in [0.1, 0.15) is 44.5 Å². The van der Waals surface area contributed by atoms with Crippen LogP contribution in [0.3, 0.4) is 0 Å². The molecule has 20 heavy (non-hydrogen) atoms. The molecule has 7 heteroatoms. The molecule has 0 bridgehead atoms. The topological polar surface area (TPSA) is 97.1 Å². The van der Waals surface area contributed by atoms with Gasteiger partial charge in [-0.3, -0.25) is 9.59 Å². The number of nitrogens with one attached hydrogen (secondary N) is 1. The SMILES string of the molecule is CC(NC(=O)[C@@H]1CCCC[C@@H]1C(=O)O)c1nncn1C. The van der Waals surface area contributed by atoms with E-state index in [2.05, 4.69) is 15.5 Å². The molecule has 1 fully saturated rings. The van der Waals surface area contributed by atoms with Crippen molar-refractivity contribution in [1.29, 1.82) is 0 Å². The first kappa shape index (κ1) is 14.5. The average Bonchev–Trinajstić information content (AvgIpc) is 2.85. The smallest absolute Gasteiger partial charge is 0.307 e. The molecular weight excluding hydrogens is 260 g/mol. The molecule has 1 aromatic heterocycles. The van der Waals surface area contributed by atoms with Crippen molar-refractivity contribution in [2.75, 3.05) is 0 Å². The third-order valence-corrected chi connectivity index (χ3v) is 3.91. The molecule has 0 radical (unpaired) electrons. The van der Waals surface area contributed by atoms with Gasteiger partial charge in [0.25, 0.3) is 0 Å². The number of carboxylic acid groups (broad SMARTS) is 1. The van der Waals surface area contributed by atoms with Gasteiger partial charge in [-0.05, 0) is 19.8 Å². The van der Waals surface area contributed by atoms with E-state index in [9.17, 15) is 14.7 Å². The fourth-order valence-corrected chi connectivity index (χ4v) is 2.81. The van der Waals surface area contributed by atoms with Gasteiger partial charge >= 0.3 is 5.97 Å². The second kappa shape index (κ2) is 6.02. The summed E-state index contributed by atoms with van der Waals surface area (Å²) in [4.78, 5) is 23.5. The summed E-state index contributed by atoms with van der Waals surface area (Å²) < 4.78 is 1.74. The summed E-state index contributed by atoms with van der Waals surface area (Å²) in [6.07, 6.45) is 4.55. The van der Waals surface area contributed by atoms with Crippen molar-refractivity contribution in [3.63, 3.8) is 0 Å². The normalized spacial score (nSPS) is 24.1. The first-order valence-electron chi connectivity index (χ1n) is 6.87. The van der Waals surface area contributed by atoms with Crippen LogP contribution in [-0.4, -0.2) is 31.7 Å². The second-order valence-corrected chi connectivity index (χ2v) is 5.37. The van der Waals surface area contributed by atoms with E-state index in [-0.39, 0.29) is 11.9 Å². The maximum absolute atomic E-state index is 12.3. The molecule has 2 rings (SSSR count). The van der Waals surface area contributed by atoms with E-state index in [0.29, 0.717) is 18.7 Å². The Morgan fingerprint density at radius 1 is 1.40 bits per heavy atom. The van der Waals surface area contributed by atoms with Crippen LogP contribution in [0, 0.1) is 11.8 Å². The van der Waals surface area contributed by atoms with Crippen LogP contribution in [0.25, 0.3) is 0 Å². The monoisotopic (exact) mass is 280 g/mol. The Hall–Kier alpha value is -1.92. The van der Waals surface area contributed by atoms with Gasteiger partial charge < -0.3 is 15.0 Å². The number of carboxylic acids is 1. The lowest BCUT2D eigenvalue weighted by Gasteiger charge is -2.28. The van der Waals surface area contributed by atoms with E-state index in [0.717, 1.165) is 12.8 Å². The molecule has 0 spiro atoms. The number of hydrogen-bond acceptors (Lipinski definition) is 4. The van der Waals surface area contributed by atoms with Gasteiger partial charge in [0.05, 0.1) is 17.9 Å². The van der Waals surface area contributed by atoms with Crippen LogP contribution in [0.4, 0.5) is 0 Å². The molecular formula is C13H20N4O3. The van der Waals surface area contributed by atoms with Gasteiger partial charge in [0.1, 0.15) is 6.33 Å². The predicted octanol–water partition coefficient (Wildman–Crippen LogP) is 0.883. The van der Waals surface area contributed by atoms with Crippen molar-refractivity contribution in [3.8, 4) is 0 Å². The predicted molar refractivity (Wildman–Crippen MR) is 70.6 cm³/mol. The average molecular weight is 280 g/mol. The summed E-state index contributed by atoms with van der Waals surface area (Å²) in [5, 5.41) is 19.8. The van der Waals surface area contributed by atoms with Crippen LogP contribution < -0.4 is 5.32 Å². The zero-order valence-corrected chi connectivity index (χ0v) is 11.7.